The summed E-state index contributed by atoms with van der Waals surface area (Å²) in [6.45, 7) is 9.95. The predicted molar refractivity (Wildman–Crippen MR) is 75.0 cm³/mol. The van der Waals surface area contributed by atoms with Crippen molar-refractivity contribution in [1.82, 2.24) is 0 Å². The zero-order chi connectivity index (χ0) is 13.4. The Bertz CT molecular complexity index is 406. The van der Waals surface area contributed by atoms with E-state index in [1.807, 2.05) is 37.3 Å². The number of rotatable bonds is 7. The standard InChI is InChI=1S/C16H20O2/c1-4-9-15(16(17)18-5-2)12-13(3)14-10-7-6-8-11-14/h4,6-8,10-11,15H,1,3,5,9,12H2,2H3. The van der Waals surface area contributed by atoms with Crippen molar-refractivity contribution in [1.29, 1.82) is 0 Å². The number of hydrogen-bond acceptors (Lipinski definition) is 2. The Balaban J connectivity index is 2.69. The number of hydrogen-bond donors (Lipinski definition) is 0. The maximum absolute atomic E-state index is 11.8. The molecule has 0 aliphatic rings. The van der Waals surface area contributed by atoms with Gasteiger partial charge in [0.25, 0.3) is 0 Å². The van der Waals surface area contributed by atoms with Crippen molar-refractivity contribution in [2.24, 2.45) is 5.92 Å². The average Bonchev–Trinajstić information content (AvgIpc) is 2.39. The molecule has 0 heterocycles. The molecule has 0 radical (unpaired) electrons. The fourth-order valence-corrected chi connectivity index (χ4v) is 1.81. The Hall–Kier alpha value is -1.83. The number of carbonyl (C=O) groups is 1. The van der Waals surface area contributed by atoms with E-state index in [2.05, 4.69) is 13.2 Å². The van der Waals surface area contributed by atoms with Gasteiger partial charge in [-0.1, -0.05) is 43.0 Å². The summed E-state index contributed by atoms with van der Waals surface area (Å²) in [5.74, 6) is -0.357. The van der Waals surface area contributed by atoms with Crippen LogP contribution in [0.1, 0.15) is 25.3 Å². The third kappa shape index (κ3) is 4.21. The summed E-state index contributed by atoms with van der Waals surface area (Å²) in [5.41, 5.74) is 2.02. The highest BCUT2D eigenvalue weighted by Crippen LogP contribution is 2.24. The van der Waals surface area contributed by atoms with E-state index in [1.165, 1.54) is 0 Å². The Labute approximate surface area is 109 Å². The van der Waals surface area contributed by atoms with Crippen molar-refractivity contribution in [3.63, 3.8) is 0 Å². The van der Waals surface area contributed by atoms with Gasteiger partial charge in [-0.05, 0) is 30.9 Å². The van der Waals surface area contributed by atoms with Crippen molar-refractivity contribution in [2.45, 2.75) is 19.8 Å². The maximum Gasteiger partial charge on any atom is 0.309 e. The summed E-state index contributed by atoms with van der Waals surface area (Å²) in [6, 6.07) is 9.89. The summed E-state index contributed by atoms with van der Waals surface area (Å²) < 4.78 is 5.07. The molecule has 0 fully saturated rings. The molecule has 2 heteroatoms. The van der Waals surface area contributed by atoms with Crippen molar-refractivity contribution in [3.05, 3.63) is 55.1 Å². The summed E-state index contributed by atoms with van der Waals surface area (Å²) >= 11 is 0. The number of benzene rings is 1. The minimum atomic E-state index is -0.185. The highest BCUT2D eigenvalue weighted by molar-refractivity contribution is 5.76. The normalized spacial score (nSPS) is 11.6. The SMILES string of the molecule is C=CCC(CC(=C)c1ccccc1)C(=O)OCC. The predicted octanol–water partition coefficient (Wildman–Crippen LogP) is 3.85. The van der Waals surface area contributed by atoms with E-state index < -0.39 is 0 Å². The summed E-state index contributed by atoms with van der Waals surface area (Å²) in [5, 5.41) is 0. The van der Waals surface area contributed by atoms with Gasteiger partial charge in [-0.2, -0.15) is 0 Å². The Morgan fingerprint density at radius 3 is 2.61 bits per heavy atom. The van der Waals surface area contributed by atoms with Crippen LogP contribution >= 0.6 is 0 Å². The summed E-state index contributed by atoms with van der Waals surface area (Å²) in [7, 11) is 0. The molecule has 0 aromatic heterocycles. The van der Waals surface area contributed by atoms with Crippen molar-refractivity contribution < 1.29 is 9.53 Å². The fraction of sp³-hybridized carbons (Fsp3) is 0.312. The van der Waals surface area contributed by atoms with E-state index in [0.717, 1.165) is 11.1 Å². The fourth-order valence-electron chi connectivity index (χ4n) is 1.81. The van der Waals surface area contributed by atoms with Crippen LogP contribution in [-0.4, -0.2) is 12.6 Å². The molecule has 0 spiro atoms. The molecule has 0 aliphatic heterocycles. The van der Waals surface area contributed by atoms with E-state index in [9.17, 15) is 4.79 Å². The van der Waals surface area contributed by atoms with E-state index >= 15 is 0 Å². The molecule has 1 aromatic rings. The zero-order valence-electron chi connectivity index (χ0n) is 10.9. The molecule has 0 N–H and O–H groups in total. The molecule has 18 heavy (non-hydrogen) atoms. The number of ether oxygens (including phenoxy) is 1. The van der Waals surface area contributed by atoms with Gasteiger partial charge in [-0.25, -0.2) is 0 Å². The highest BCUT2D eigenvalue weighted by atomic mass is 16.5. The van der Waals surface area contributed by atoms with Crippen LogP contribution in [0.25, 0.3) is 5.57 Å². The first kappa shape index (κ1) is 14.2. The minimum Gasteiger partial charge on any atom is -0.466 e. The quantitative estimate of drug-likeness (QED) is 0.538. The lowest BCUT2D eigenvalue weighted by Gasteiger charge is -2.15. The highest BCUT2D eigenvalue weighted by Gasteiger charge is 2.19. The largest absolute Gasteiger partial charge is 0.466 e. The van der Waals surface area contributed by atoms with Gasteiger partial charge in [0.05, 0.1) is 12.5 Å². The Morgan fingerprint density at radius 2 is 2.06 bits per heavy atom. The maximum atomic E-state index is 11.8. The Morgan fingerprint density at radius 1 is 1.39 bits per heavy atom. The van der Waals surface area contributed by atoms with Gasteiger partial charge < -0.3 is 4.74 Å². The molecule has 2 nitrogen and oxygen atoms in total. The molecule has 96 valence electrons. The molecular formula is C16H20O2. The molecule has 1 rings (SSSR count). The lowest BCUT2D eigenvalue weighted by Crippen LogP contribution is -2.17. The third-order valence-corrected chi connectivity index (χ3v) is 2.75. The molecule has 0 amide bonds. The van der Waals surface area contributed by atoms with Gasteiger partial charge in [0.15, 0.2) is 0 Å². The summed E-state index contributed by atoms with van der Waals surface area (Å²) in [6.07, 6.45) is 2.97. The molecule has 1 aromatic carbocycles. The molecule has 1 atom stereocenters. The number of carbonyl (C=O) groups excluding carboxylic acids is 1. The lowest BCUT2D eigenvalue weighted by atomic mass is 9.93. The average molecular weight is 244 g/mol. The molecule has 0 bridgehead atoms. The molecule has 0 saturated heterocycles. The first-order valence-corrected chi connectivity index (χ1v) is 6.19. The topological polar surface area (TPSA) is 26.3 Å². The van der Waals surface area contributed by atoms with Crippen LogP contribution in [-0.2, 0) is 9.53 Å². The van der Waals surface area contributed by atoms with Gasteiger partial charge in [-0.15, -0.1) is 6.58 Å². The van der Waals surface area contributed by atoms with E-state index in [0.29, 0.717) is 19.4 Å². The van der Waals surface area contributed by atoms with Crippen LogP contribution in [0.4, 0.5) is 0 Å². The van der Waals surface area contributed by atoms with Gasteiger partial charge in [0.1, 0.15) is 0 Å². The molecule has 1 unspecified atom stereocenters. The smallest absolute Gasteiger partial charge is 0.309 e. The van der Waals surface area contributed by atoms with Crippen LogP contribution in [0, 0.1) is 5.92 Å². The first-order chi connectivity index (χ1) is 8.69. The molecule has 0 saturated carbocycles. The zero-order valence-corrected chi connectivity index (χ0v) is 10.9. The van der Waals surface area contributed by atoms with E-state index in [-0.39, 0.29) is 11.9 Å². The van der Waals surface area contributed by atoms with Crippen molar-refractivity contribution in [2.75, 3.05) is 6.61 Å². The lowest BCUT2D eigenvalue weighted by molar-refractivity contribution is -0.147. The Kier molecular flexibility index (Phi) is 5.92. The van der Waals surface area contributed by atoms with Gasteiger partial charge >= 0.3 is 5.97 Å². The minimum absolute atomic E-state index is 0.172. The third-order valence-electron chi connectivity index (χ3n) is 2.75. The van der Waals surface area contributed by atoms with Gasteiger partial charge in [0.2, 0.25) is 0 Å². The van der Waals surface area contributed by atoms with Crippen LogP contribution in [0.5, 0.6) is 0 Å². The van der Waals surface area contributed by atoms with E-state index in [1.54, 1.807) is 6.08 Å². The van der Waals surface area contributed by atoms with Crippen LogP contribution in [0.2, 0.25) is 0 Å². The van der Waals surface area contributed by atoms with Crippen LogP contribution in [0.3, 0.4) is 0 Å². The van der Waals surface area contributed by atoms with Gasteiger partial charge in [-0.3, -0.25) is 4.79 Å². The second kappa shape index (κ2) is 7.49. The number of esters is 1. The van der Waals surface area contributed by atoms with Gasteiger partial charge in [0, 0.05) is 0 Å². The van der Waals surface area contributed by atoms with Crippen molar-refractivity contribution in [3.8, 4) is 0 Å². The summed E-state index contributed by atoms with van der Waals surface area (Å²) in [4.78, 5) is 11.8. The van der Waals surface area contributed by atoms with Crippen LogP contribution in [0.15, 0.2) is 49.6 Å². The van der Waals surface area contributed by atoms with Crippen LogP contribution < -0.4 is 0 Å². The molecular weight excluding hydrogens is 224 g/mol. The van der Waals surface area contributed by atoms with Crippen molar-refractivity contribution >= 4 is 11.5 Å². The second-order valence-electron chi connectivity index (χ2n) is 4.15. The second-order valence-corrected chi connectivity index (χ2v) is 4.15. The number of allylic oxidation sites excluding steroid dienone is 2. The first-order valence-electron chi connectivity index (χ1n) is 6.19. The monoisotopic (exact) mass is 244 g/mol. The van der Waals surface area contributed by atoms with E-state index in [4.69, 9.17) is 4.74 Å². The molecule has 0 aliphatic carbocycles.